The Hall–Kier alpha value is -1.71. The molecule has 0 radical (unpaired) electrons. The SMILES string of the molecule is CN=C(NCCNC(=O)OC(C)(C)C)NCc1ccc(N2CCC(C)CC2)cc1.I. The topological polar surface area (TPSA) is 78.0 Å². The lowest BCUT2D eigenvalue weighted by atomic mass is 9.99. The molecule has 1 aromatic carbocycles. The Morgan fingerprint density at radius 1 is 1.10 bits per heavy atom. The van der Waals surface area contributed by atoms with Crippen molar-refractivity contribution in [3.8, 4) is 0 Å². The van der Waals surface area contributed by atoms with E-state index in [4.69, 9.17) is 4.74 Å². The molecule has 7 nitrogen and oxygen atoms in total. The number of carbonyl (C=O) groups excluding carboxylic acids is 1. The van der Waals surface area contributed by atoms with Gasteiger partial charge in [0.2, 0.25) is 0 Å². The fraction of sp³-hybridized carbons (Fsp3) is 0.636. The molecule has 1 aromatic rings. The molecule has 3 N–H and O–H groups in total. The van der Waals surface area contributed by atoms with Crippen LogP contribution in [0.3, 0.4) is 0 Å². The van der Waals surface area contributed by atoms with Gasteiger partial charge in [-0.1, -0.05) is 19.1 Å². The van der Waals surface area contributed by atoms with Gasteiger partial charge < -0.3 is 25.6 Å². The van der Waals surface area contributed by atoms with E-state index in [0.29, 0.717) is 25.6 Å². The van der Waals surface area contributed by atoms with Crippen LogP contribution in [-0.4, -0.2) is 50.9 Å². The number of benzene rings is 1. The molecular weight excluding hydrogens is 493 g/mol. The van der Waals surface area contributed by atoms with E-state index < -0.39 is 11.7 Å². The van der Waals surface area contributed by atoms with Crippen molar-refractivity contribution < 1.29 is 9.53 Å². The fourth-order valence-electron chi connectivity index (χ4n) is 3.16. The molecule has 0 aliphatic carbocycles. The van der Waals surface area contributed by atoms with Gasteiger partial charge in [0.1, 0.15) is 5.60 Å². The highest BCUT2D eigenvalue weighted by atomic mass is 127. The summed E-state index contributed by atoms with van der Waals surface area (Å²) in [6.45, 7) is 11.9. The van der Waals surface area contributed by atoms with Crippen LogP contribution in [0.25, 0.3) is 0 Å². The van der Waals surface area contributed by atoms with Gasteiger partial charge >= 0.3 is 6.09 Å². The van der Waals surface area contributed by atoms with E-state index in [0.717, 1.165) is 19.0 Å². The van der Waals surface area contributed by atoms with Gasteiger partial charge in [0.05, 0.1) is 0 Å². The van der Waals surface area contributed by atoms with E-state index in [1.54, 1.807) is 7.05 Å². The highest BCUT2D eigenvalue weighted by molar-refractivity contribution is 14.0. The largest absolute Gasteiger partial charge is 0.444 e. The second-order valence-corrected chi connectivity index (χ2v) is 8.62. The molecule has 8 heteroatoms. The van der Waals surface area contributed by atoms with Crippen LogP contribution in [0.1, 0.15) is 46.1 Å². The highest BCUT2D eigenvalue weighted by Gasteiger charge is 2.16. The summed E-state index contributed by atoms with van der Waals surface area (Å²) >= 11 is 0. The van der Waals surface area contributed by atoms with E-state index >= 15 is 0 Å². The lowest BCUT2D eigenvalue weighted by Gasteiger charge is -2.32. The molecule has 1 heterocycles. The number of piperidine rings is 1. The number of amides is 1. The zero-order chi connectivity index (χ0) is 21.3. The summed E-state index contributed by atoms with van der Waals surface area (Å²) in [4.78, 5) is 18.3. The van der Waals surface area contributed by atoms with Crippen molar-refractivity contribution in [1.29, 1.82) is 0 Å². The minimum Gasteiger partial charge on any atom is -0.444 e. The minimum absolute atomic E-state index is 0. The van der Waals surface area contributed by atoms with Crippen molar-refractivity contribution >= 4 is 41.7 Å². The van der Waals surface area contributed by atoms with Crippen LogP contribution in [0, 0.1) is 5.92 Å². The molecule has 1 amide bonds. The third-order valence-electron chi connectivity index (χ3n) is 4.85. The summed E-state index contributed by atoms with van der Waals surface area (Å²) in [6, 6.07) is 8.73. The molecule has 0 unspecified atom stereocenters. The van der Waals surface area contributed by atoms with Gasteiger partial charge in [-0.25, -0.2) is 4.79 Å². The van der Waals surface area contributed by atoms with E-state index in [2.05, 4.69) is 57.0 Å². The Balaban J connectivity index is 0.00000450. The molecule has 2 rings (SSSR count). The second-order valence-electron chi connectivity index (χ2n) is 8.62. The molecule has 0 bridgehead atoms. The Morgan fingerprint density at radius 2 is 1.70 bits per heavy atom. The van der Waals surface area contributed by atoms with Crippen molar-refractivity contribution in [2.24, 2.45) is 10.9 Å². The first-order valence-electron chi connectivity index (χ1n) is 10.5. The van der Waals surface area contributed by atoms with Crippen LogP contribution in [0.15, 0.2) is 29.3 Å². The number of carbonyl (C=O) groups is 1. The van der Waals surface area contributed by atoms with Crippen molar-refractivity contribution in [3.63, 3.8) is 0 Å². The van der Waals surface area contributed by atoms with Gasteiger partial charge in [0, 0.05) is 45.5 Å². The van der Waals surface area contributed by atoms with Crippen LogP contribution in [0.5, 0.6) is 0 Å². The van der Waals surface area contributed by atoms with Gasteiger partial charge in [-0.3, -0.25) is 4.99 Å². The quantitative estimate of drug-likeness (QED) is 0.226. The standard InChI is InChI=1S/C22H37N5O2.HI/c1-17-10-14-27(15-11-17)19-8-6-18(7-9-19)16-26-20(23-5)24-12-13-25-21(28)29-22(2,3)4;/h6-9,17H,10-16H2,1-5H3,(H,25,28)(H2,23,24,26);1H. The van der Waals surface area contributed by atoms with E-state index in [9.17, 15) is 4.79 Å². The van der Waals surface area contributed by atoms with E-state index in [-0.39, 0.29) is 24.0 Å². The second kappa shape index (κ2) is 12.9. The van der Waals surface area contributed by atoms with Crippen LogP contribution in [0.4, 0.5) is 10.5 Å². The summed E-state index contributed by atoms with van der Waals surface area (Å²) in [5.41, 5.74) is 2.02. The van der Waals surface area contributed by atoms with Gasteiger partial charge in [-0.05, 0) is 57.2 Å². The summed E-state index contributed by atoms with van der Waals surface area (Å²) in [5.74, 6) is 1.54. The van der Waals surface area contributed by atoms with Gasteiger partial charge in [0.15, 0.2) is 5.96 Å². The first-order chi connectivity index (χ1) is 13.8. The molecule has 0 atom stereocenters. The molecule has 30 heavy (non-hydrogen) atoms. The minimum atomic E-state index is -0.489. The van der Waals surface area contributed by atoms with Crippen LogP contribution >= 0.6 is 24.0 Å². The number of halogens is 1. The van der Waals surface area contributed by atoms with Gasteiger partial charge in [0.25, 0.3) is 0 Å². The molecule has 1 aliphatic rings. The van der Waals surface area contributed by atoms with Gasteiger partial charge in [-0.2, -0.15) is 0 Å². The maximum absolute atomic E-state index is 11.6. The number of anilines is 1. The smallest absolute Gasteiger partial charge is 0.407 e. The summed E-state index contributed by atoms with van der Waals surface area (Å²) in [6.07, 6.45) is 2.13. The molecule has 0 saturated carbocycles. The summed E-state index contributed by atoms with van der Waals surface area (Å²) < 4.78 is 5.21. The number of nitrogens with zero attached hydrogens (tertiary/aromatic N) is 2. The number of alkyl carbamates (subject to hydrolysis) is 1. The van der Waals surface area contributed by atoms with Crippen molar-refractivity contribution in [2.75, 3.05) is 38.1 Å². The zero-order valence-corrected chi connectivity index (χ0v) is 21.3. The lowest BCUT2D eigenvalue weighted by Crippen LogP contribution is -2.42. The molecular formula is C22H38IN5O2. The molecule has 0 spiro atoms. The summed E-state index contributed by atoms with van der Waals surface area (Å²) in [7, 11) is 1.73. The maximum atomic E-state index is 11.6. The average Bonchev–Trinajstić information content (AvgIpc) is 2.67. The number of hydrogen-bond donors (Lipinski definition) is 3. The Bertz CT molecular complexity index is 665. The number of aliphatic imine (C=N–C) groups is 1. The van der Waals surface area contributed by atoms with Crippen molar-refractivity contribution in [2.45, 2.75) is 52.7 Å². The lowest BCUT2D eigenvalue weighted by molar-refractivity contribution is 0.0529. The fourth-order valence-corrected chi connectivity index (χ4v) is 3.16. The first-order valence-corrected chi connectivity index (χ1v) is 10.5. The van der Waals surface area contributed by atoms with Crippen LogP contribution < -0.4 is 20.9 Å². The molecule has 1 fully saturated rings. The molecule has 0 aromatic heterocycles. The van der Waals surface area contributed by atoms with Crippen molar-refractivity contribution in [3.05, 3.63) is 29.8 Å². The molecule has 1 saturated heterocycles. The third-order valence-corrected chi connectivity index (χ3v) is 4.85. The first kappa shape index (κ1) is 26.3. The maximum Gasteiger partial charge on any atom is 0.407 e. The number of ether oxygens (including phenoxy) is 1. The number of rotatable bonds is 6. The van der Waals surface area contributed by atoms with E-state index in [1.807, 2.05) is 20.8 Å². The molecule has 170 valence electrons. The van der Waals surface area contributed by atoms with Crippen molar-refractivity contribution in [1.82, 2.24) is 16.0 Å². The number of guanidine groups is 1. The predicted molar refractivity (Wildman–Crippen MR) is 135 cm³/mol. The third kappa shape index (κ3) is 9.86. The summed E-state index contributed by atoms with van der Waals surface area (Å²) in [5, 5.41) is 9.21. The Kier molecular flexibility index (Phi) is 11.3. The normalized spacial score (nSPS) is 15.2. The Morgan fingerprint density at radius 3 is 2.27 bits per heavy atom. The monoisotopic (exact) mass is 531 g/mol. The predicted octanol–water partition coefficient (Wildman–Crippen LogP) is 3.73. The number of hydrogen-bond acceptors (Lipinski definition) is 4. The van der Waals surface area contributed by atoms with Crippen LogP contribution in [0.2, 0.25) is 0 Å². The average molecular weight is 531 g/mol. The van der Waals surface area contributed by atoms with Gasteiger partial charge in [-0.15, -0.1) is 24.0 Å². The number of nitrogens with one attached hydrogen (secondary N) is 3. The van der Waals surface area contributed by atoms with Crippen LogP contribution in [-0.2, 0) is 11.3 Å². The highest BCUT2D eigenvalue weighted by Crippen LogP contribution is 2.23. The zero-order valence-electron chi connectivity index (χ0n) is 19.0. The van der Waals surface area contributed by atoms with E-state index in [1.165, 1.54) is 24.1 Å². The Labute approximate surface area is 198 Å². The molecule has 1 aliphatic heterocycles.